The molecule has 0 saturated heterocycles. The first-order valence-corrected chi connectivity index (χ1v) is 6.54. The van der Waals surface area contributed by atoms with Crippen molar-refractivity contribution in [1.29, 1.82) is 0 Å². The minimum absolute atomic E-state index is 0.00192. The Bertz CT molecular complexity index is 536. The number of hydrogen-bond donors (Lipinski definition) is 1. The summed E-state index contributed by atoms with van der Waals surface area (Å²) in [5.74, 6) is 0.448. The third-order valence-corrected chi connectivity index (χ3v) is 2.64. The standard InChI is InChI=1S/C11H14N6OS/c1-7(2)18-9-15-8(12-3)16-11(17-9)19-10-13-5-4-6-14-10/h4-7H,1-3H3,(H,12,15,16,17). The van der Waals surface area contributed by atoms with E-state index in [2.05, 4.69) is 30.2 Å². The Kier molecular flexibility index (Phi) is 4.45. The molecule has 0 amide bonds. The minimum Gasteiger partial charge on any atom is -0.461 e. The molecule has 2 aromatic rings. The second kappa shape index (κ2) is 6.28. The van der Waals surface area contributed by atoms with Gasteiger partial charge in [0.1, 0.15) is 0 Å². The van der Waals surface area contributed by atoms with Gasteiger partial charge in [-0.1, -0.05) is 0 Å². The van der Waals surface area contributed by atoms with Crippen LogP contribution in [0, 0.1) is 0 Å². The molecule has 0 unspecified atom stereocenters. The summed E-state index contributed by atoms with van der Waals surface area (Å²) in [6, 6.07) is 2.04. The Labute approximate surface area is 115 Å². The third kappa shape index (κ3) is 4.02. The van der Waals surface area contributed by atoms with Crippen LogP contribution in [0.3, 0.4) is 0 Å². The molecule has 0 atom stereocenters. The normalized spacial score (nSPS) is 10.5. The van der Waals surface area contributed by atoms with Gasteiger partial charge in [-0.05, 0) is 31.7 Å². The van der Waals surface area contributed by atoms with Crippen LogP contribution in [0.25, 0.3) is 0 Å². The molecule has 0 bridgehead atoms. The van der Waals surface area contributed by atoms with Crippen molar-refractivity contribution in [3.8, 4) is 6.01 Å². The van der Waals surface area contributed by atoms with E-state index >= 15 is 0 Å². The summed E-state index contributed by atoms with van der Waals surface area (Å²) in [6.45, 7) is 3.83. The van der Waals surface area contributed by atoms with Crippen molar-refractivity contribution in [1.82, 2.24) is 24.9 Å². The van der Waals surface area contributed by atoms with Crippen molar-refractivity contribution >= 4 is 17.7 Å². The molecule has 8 heteroatoms. The highest BCUT2D eigenvalue weighted by molar-refractivity contribution is 7.99. The van der Waals surface area contributed by atoms with Gasteiger partial charge >= 0.3 is 6.01 Å². The molecule has 1 N–H and O–H groups in total. The lowest BCUT2D eigenvalue weighted by molar-refractivity contribution is 0.219. The second-order valence-electron chi connectivity index (χ2n) is 3.77. The average molecular weight is 278 g/mol. The van der Waals surface area contributed by atoms with E-state index in [9.17, 15) is 0 Å². The van der Waals surface area contributed by atoms with Gasteiger partial charge in [0.15, 0.2) is 5.16 Å². The number of aromatic nitrogens is 5. The van der Waals surface area contributed by atoms with Crippen molar-refractivity contribution in [3.05, 3.63) is 18.5 Å². The summed E-state index contributed by atoms with van der Waals surface area (Å²) < 4.78 is 5.48. The van der Waals surface area contributed by atoms with Crippen molar-refractivity contribution in [3.63, 3.8) is 0 Å². The quantitative estimate of drug-likeness (QED) is 0.826. The van der Waals surface area contributed by atoms with Crippen molar-refractivity contribution in [2.45, 2.75) is 30.3 Å². The maximum Gasteiger partial charge on any atom is 0.322 e. The summed E-state index contributed by atoms with van der Waals surface area (Å²) in [5, 5.41) is 3.93. The molecule has 0 radical (unpaired) electrons. The van der Waals surface area contributed by atoms with Gasteiger partial charge in [-0.2, -0.15) is 15.0 Å². The monoisotopic (exact) mass is 278 g/mol. The summed E-state index contributed by atoms with van der Waals surface area (Å²) in [7, 11) is 1.74. The fraction of sp³-hybridized carbons (Fsp3) is 0.364. The van der Waals surface area contributed by atoms with Crippen LogP contribution in [0.1, 0.15) is 13.8 Å². The Morgan fingerprint density at radius 1 is 1.11 bits per heavy atom. The first-order chi connectivity index (χ1) is 9.17. The van der Waals surface area contributed by atoms with E-state index in [1.54, 1.807) is 25.5 Å². The average Bonchev–Trinajstić information content (AvgIpc) is 2.38. The zero-order valence-electron chi connectivity index (χ0n) is 10.9. The van der Waals surface area contributed by atoms with E-state index in [0.29, 0.717) is 16.3 Å². The minimum atomic E-state index is -0.00192. The molecule has 0 aliphatic rings. The molecular formula is C11H14N6OS. The van der Waals surface area contributed by atoms with Gasteiger partial charge in [0.2, 0.25) is 11.1 Å². The highest BCUT2D eigenvalue weighted by Crippen LogP contribution is 2.22. The fourth-order valence-corrected chi connectivity index (χ4v) is 1.83. The predicted octanol–water partition coefficient (Wildman–Crippen LogP) is 1.64. The van der Waals surface area contributed by atoms with Crippen molar-refractivity contribution < 1.29 is 4.74 Å². The summed E-state index contributed by atoms with van der Waals surface area (Å²) >= 11 is 1.25. The Balaban J connectivity index is 2.24. The van der Waals surface area contributed by atoms with Crippen molar-refractivity contribution in [2.75, 3.05) is 12.4 Å². The largest absolute Gasteiger partial charge is 0.461 e. The molecule has 0 saturated carbocycles. The fourth-order valence-electron chi connectivity index (χ4n) is 1.18. The molecule has 19 heavy (non-hydrogen) atoms. The summed E-state index contributed by atoms with van der Waals surface area (Å²) in [6.07, 6.45) is 3.33. The van der Waals surface area contributed by atoms with Gasteiger partial charge in [-0.15, -0.1) is 0 Å². The number of nitrogens with one attached hydrogen (secondary N) is 1. The highest BCUT2D eigenvalue weighted by Gasteiger charge is 2.10. The summed E-state index contributed by atoms with van der Waals surface area (Å²) in [5.41, 5.74) is 0. The van der Waals surface area contributed by atoms with Crippen molar-refractivity contribution in [2.24, 2.45) is 0 Å². The molecule has 0 aliphatic carbocycles. The van der Waals surface area contributed by atoms with Crippen LogP contribution in [0.5, 0.6) is 6.01 Å². The number of anilines is 1. The predicted molar refractivity (Wildman–Crippen MR) is 71.3 cm³/mol. The lowest BCUT2D eigenvalue weighted by atomic mass is 10.5. The molecular weight excluding hydrogens is 264 g/mol. The molecule has 2 heterocycles. The van der Waals surface area contributed by atoms with E-state index in [-0.39, 0.29) is 12.1 Å². The number of rotatable bonds is 5. The Hall–Kier alpha value is -1.96. The van der Waals surface area contributed by atoms with Crippen LogP contribution in [-0.4, -0.2) is 38.1 Å². The Morgan fingerprint density at radius 2 is 1.84 bits per heavy atom. The lowest BCUT2D eigenvalue weighted by Gasteiger charge is -2.09. The van der Waals surface area contributed by atoms with Gasteiger partial charge in [0.05, 0.1) is 6.10 Å². The molecule has 100 valence electrons. The topological polar surface area (TPSA) is 85.7 Å². The van der Waals surface area contributed by atoms with Gasteiger partial charge in [0.25, 0.3) is 0 Å². The van der Waals surface area contributed by atoms with E-state index < -0.39 is 0 Å². The van der Waals surface area contributed by atoms with Gasteiger partial charge in [-0.25, -0.2) is 9.97 Å². The third-order valence-electron chi connectivity index (χ3n) is 1.88. The van der Waals surface area contributed by atoms with E-state index in [1.807, 2.05) is 13.8 Å². The van der Waals surface area contributed by atoms with Crippen LogP contribution in [0.2, 0.25) is 0 Å². The maximum absolute atomic E-state index is 5.48. The lowest BCUT2D eigenvalue weighted by Crippen LogP contribution is -2.11. The maximum atomic E-state index is 5.48. The molecule has 2 rings (SSSR count). The van der Waals surface area contributed by atoms with Gasteiger partial charge in [0, 0.05) is 19.4 Å². The molecule has 0 fully saturated rings. The molecule has 0 spiro atoms. The van der Waals surface area contributed by atoms with E-state index in [1.165, 1.54) is 11.8 Å². The van der Waals surface area contributed by atoms with Crippen LogP contribution in [0.4, 0.5) is 5.95 Å². The van der Waals surface area contributed by atoms with Crippen LogP contribution < -0.4 is 10.1 Å². The number of nitrogens with zero attached hydrogens (tertiary/aromatic N) is 5. The van der Waals surface area contributed by atoms with E-state index in [0.717, 1.165) is 0 Å². The zero-order chi connectivity index (χ0) is 13.7. The summed E-state index contributed by atoms with van der Waals surface area (Å²) in [4.78, 5) is 20.8. The Morgan fingerprint density at radius 3 is 2.47 bits per heavy atom. The molecule has 7 nitrogen and oxygen atoms in total. The smallest absolute Gasteiger partial charge is 0.322 e. The van der Waals surface area contributed by atoms with Crippen LogP contribution in [0.15, 0.2) is 28.8 Å². The van der Waals surface area contributed by atoms with E-state index in [4.69, 9.17) is 4.74 Å². The molecule has 0 aromatic carbocycles. The van der Waals surface area contributed by atoms with Gasteiger partial charge < -0.3 is 10.1 Å². The molecule has 0 aliphatic heterocycles. The first kappa shape index (κ1) is 13.5. The molecule has 2 aromatic heterocycles. The van der Waals surface area contributed by atoms with Crippen LogP contribution >= 0.6 is 11.8 Å². The highest BCUT2D eigenvalue weighted by atomic mass is 32.2. The van der Waals surface area contributed by atoms with Crippen LogP contribution in [-0.2, 0) is 0 Å². The van der Waals surface area contributed by atoms with Gasteiger partial charge in [-0.3, -0.25) is 0 Å². The number of hydrogen-bond acceptors (Lipinski definition) is 8. The SMILES string of the molecule is CNc1nc(OC(C)C)nc(Sc2ncccn2)n1. The second-order valence-corrected chi connectivity index (χ2v) is 4.71. The first-order valence-electron chi connectivity index (χ1n) is 5.72. The zero-order valence-corrected chi connectivity index (χ0v) is 11.7. The number of ether oxygens (including phenoxy) is 1.